The number of fused-ring (bicyclic) bond motifs is 1. The zero-order valence-corrected chi connectivity index (χ0v) is 17.9. The van der Waals surface area contributed by atoms with E-state index in [1.165, 1.54) is 10.5 Å². The Morgan fingerprint density at radius 1 is 1.13 bits per heavy atom. The Hall–Kier alpha value is -3.39. The average Bonchev–Trinajstić information content (AvgIpc) is 2.78. The monoisotopic (exact) mass is 437 g/mol. The number of carbonyl (C=O) groups excluding carboxylic acids is 1. The summed E-state index contributed by atoms with van der Waals surface area (Å²) in [4.78, 5) is 16.8. The highest BCUT2D eigenvalue weighted by atomic mass is 32.2. The molecule has 3 aromatic rings. The fourth-order valence-electron chi connectivity index (χ4n) is 3.50. The maximum atomic E-state index is 13.3. The Labute approximate surface area is 181 Å². The van der Waals surface area contributed by atoms with Crippen molar-refractivity contribution in [1.82, 2.24) is 4.98 Å². The predicted octanol–water partition coefficient (Wildman–Crippen LogP) is 4.28. The molecule has 1 N–H and O–H groups in total. The molecule has 0 unspecified atom stereocenters. The second kappa shape index (κ2) is 8.77. The summed E-state index contributed by atoms with van der Waals surface area (Å²) >= 11 is 0. The van der Waals surface area contributed by atoms with Crippen molar-refractivity contribution in [2.24, 2.45) is 0 Å². The van der Waals surface area contributed by atoms with Crippen LogP contribution >= 0.6 is 0 Å². The van der Waals surface area contributed by atoms with Crippen molar-refractivity contribution in [2.75, 3.05) is 16.2 Å². The number of aryl methyl sites for hydroxylation is 2. The minimum atomic E-state index is -3.74. The first-order chi connectivity index (χ1) is 14.9. The van der Waals surface area contributed by atoms with Crippen LogP contribution in [0, 0.1) is 6.92 Å². The largest absolute Gasteiger partial charge is 0.444 e. The average molecular weight is 438 g/mol. The molecule has 2 aromatic carbocycles. The normalized spacial score (nSPS) is 13.4. The standard InChI is InChI=1S/C23H23N3O4S/c1-17-7-5-10-20(13-17)31(28,29)26-12-6-11-21-22(26)14-19(15-24-21)25-23(27)30-16-18-8-3-2-4-9-18/h2-5,7-10,13-15H,6,11-12,16H2,1H3,(H,25,27). The highest BCUT2D eigenvalue weighted by molar-refractivity contribution is 7.92. The number of hydrogen-bond donors (Lipinski definition) is 1. The minimum Gasteiger partial charge on any atom is -0.444 e. The van der Waals surface area contributed by atoms with Gasteiger partial charge in [-0.15, -0.1) is 0 Å². The van der Waals surface area contributed by atoms with Gasteiger partial charge in [0, 0.05) is 6.54 Å². The first-order valence-electron chi connectivity index (χ1n) is 9.99. The number of benzene rings is 2. The van der Waals surface area contributed by atoms with Gasteiger partial charge in [-0.3, -0.25) is 14.6 Å². The lowest BCUT2D eigenvalue weighted by atomic mass is 10.1. The van der Waals surface area contributed by atoms with Crippen molar-refractivity contribution in [3.05, 3.63) is 83.7 Å². The van der Waals surface area contributed by atoms with Gasteiger partial charge in [-0.2, -0.15) is 0 Å². The highest BCUT2D eigenvalue weighted by Crippen LogP contribution is 2.33. The number of nitrogens with zero attached hydrogens (tertiary/aromatic N) is 2. The minimum absolute atomic E-state index is 0.138. The van der Waals surface area contributed by atoms with E-state index in [-0.39, 0.29) is 11.5 Å². The molecule has 0 aliphatic carbocycles. The van der Waals surface area contributed by atoms with Crippen LogP contribution in [-0.2, 0) is 27.8 Å². The Morgan fingerprint density at radius 3 is 2.71 bits per heavy atom. The third kappa shape index (κ3) is 4.69. The molecule has 1 aromatic heterocycles. The number of carbonyl (C=O) groups is 1. The van der Waals surface area contributed by atoms with Crippen LogP contribution in [0.5, 0.6) is 0 Å². The molecule has 0 bridgehead atoms. The number of sulfonamides is 1. The molecule has 1 amide bonds. The van der Waals surface area contributed by atoms with Crippen molar-refractivity contribution in [1.29, 1.82) is 0 Å². The van der Waals surface area contributed by atoms with Crippen LogP contribution in [0.1, 0.15) is 23.2 Å². The van der Waals surface area contributed by atoms with Gasteiger partial charge < -0.3 is 4.74 Å². The maximum absolute atomic E-state index is 13.3. The van der Waals surface area contributed by atoms with Crippen LogP contribution in [0.15, 0.2) is 71.8 Å². The molecule has 0 fully saturated rings. The van der Waals surface area contributed by atoms with Crippen LogP contribution < -0.4 is 9.62 Å². The first kappa shape index (κ1) is 20.9. The number of pyridine rings is 1. The van der Waals surface area contributed by atoms with E-state index in [0.29, 0.717) is 36.5 Å². The van der Waals surface area contributed by atoms with Gasteiger partial charge in [0.2, 0.25) is 0 Å². The Balaban J connectivity index is 1.54. The van der Waals surface area contributed by atoms with Gasteiger partial charge in [-0.25, -0.2) is 13.2 Å². The third-order valence-electron chi connectivity index (χ3n) is 5.03. The van der Waals surface area contributed by atoms with Crippen LogP contribution in [-0.4, -0.2) is 26.0 Å². The summed E-state index contributed by atoms with van der Waals surface area (Å²) in [6.45, 7) is 2.35. The highest BCUT2D eigenvalue weighted by Gasteiger charge is 2.30. The molecule has 2 heterocycles. The van der Waals surface area contributed by atoms with Crippen LogP contribution in [0.4, 0.5) is 16.2 Å². The summed E-state index contributed by atoms with van der Waals surface area (Å²) in [6.07, 6.45) is 2.24. The fourth-order valence-corrected chi connectivity index (χ4v) is 5.13. The van der Waals surface area contributed by atoms with Crippen LogP contribution in [0.2, 0.25) is 0 Å². The molecule has 0 radical (unpaired) electrons. The smallest absolute Gasteiger partial charge is 0.412 e. The van der Waals surface area contributed by atoms with E-state index in [1.807, 2.05) is 43.3 Å². The third-order valence-corrected chi connectivity index (χ3v) is 6.84. The lowest BCUT2D eigenvalue weighted by molar-refractivity contribution is 0.155. The number of amides is 1. The van der Waals surface area contributed by atoms with Crippen LogP contribution in [0.3, 0.4) is 0 Å². The zero-order valence-electron chi connectivity index (χ0n) is 17.1. The molecule has 4 rings (SSSR count). The molecule has 8 heteroatoms. The number of ether oxygens (including phenoxy) is 1. The summed E-state index contributed by atoms with van der Waals surface area (Å²) in [5.41, 5.74) is 3.28. The second-order valence-electron chi connectivity index (χ2n) is 7.37. The topological polar surface area (TPSA) is 88.6 Å². The molecular formula is C23H23N3O4S. The van der Waals surface area contributed by atoms with Gasteiger partial charge in [-0.05, 0) is 49.1 Å². The summed E-state index contributed by atoms with van der Waals surface area (Å²) in [7, 11) is -3.74. The van der Waals surface area contributed by atoms with Crippen molar-refractivity contribution in [2.45, 2.75) is 31.3 Å². The van der Waals surface area contributed by atoms with E-state index in [4.69, 9.17) is 4.74 Å². The Kier molecular flexibility index (Phi) is 5.90. The molecule has 0 atom stereocenters. The SMILES string of the molecule is Cc1cccc(S(=O)(=O)N2CCCc3ncc(NC(=O)OCc4ccccc4)cc32)c1. The fraction of sp³-hybridized carbons (Fsp3) is 0.217. The van der Waals surface area contributed by atoms with E-state index in [9.17, 15) is 13.2 Å². The molecule has 0 saturated heterocycles. The quantitative estimate of drug-likeness (QED) is 0.644. The van der Waals surface area contributed by atoms with Gasteiger partial charge in [0.25, 0.3) is 10.0 Å². The summed E-state index contributed by atoms with van der Waals surface area (Å²) in [6, 6.07) is 17.8. The van der Waals surface area contributed by atoms with Gasteiger partial charge in [-0.1, -0.05) is 42.5 Å². The molecule has 0 spiro atoms. The second-order valence-corrected chi connectivity index (χ2v) is 9.24. The van der Waals surface area contributed by atoms with Crippen molar-refractivity contribution in [3.63, 3.8) is 0 Å². The molecule has 0 saturated carbocycles. The Bertz CT molecular complexity index is 1200. The molecular weight excluding hydrogens is 414 g/mol. The predicted molar refractivity (Wildman–Crippen MR) is 119 cm³/mol. The molecule has 31 heavy (non-hydrogen) atoms. The number of nitrogens with one attached hydrogen (secondary N) is 1. The number of hydrogen-bond acceptors (Lipinski definition) is 5. The van der Waals surface area contributed by atoms with Gasteiger partial charge in [0.1, 0.15) is 6.61 Å². The molecule has 160 valence electrons. The molecule has 1 aliphatic rings. The van der Waals surface area contributed by atoms with E-state index in [2.05, 4.69) is 10.3 Å². The number of anilines is 2. The van der Waals surface area contributed by atoms with Crippen molar-refractivity contribution >= 4 is 27.5 Å². The Morgan fingerprint density at radius 2 is 1.94 bits per heavy atom. The van der Waals surface area contributed by atoms with E-state index >= 15 is 0 Å². The number of aromatic nitrogens is 1. The van der Waals surface area contributed by atoms with Crippen molar-refractivity contribution in [3.8, 4) is 0 Å². The summed E-state index contributed by atoms with van der Waals surface area (Å²) in [5, 5.41) is 2.64. The van der Waals surface area contributed by atoms with Crippen molar-refractivity contribution < 1.29 is 17.9 Å². The summed E-state index contributed by atoms with van der Waals surface area (Å²) < 4.78 is 33.2. The van der Waals surface area contributed by atoms with Gasteiger partial charge in [0.15, 0.2) is 0 Å². The number of rotatable bonds is 5. The lowest BCUT2D eigenvalue weighted by Crippen LogP contribution is -2.36. The van der Waals surface area contributed by atoms with E-state index in [1.54, 1.807) is 24.3 Å². The molecule has 7 nitrogen and oxygen atoms in total. The zero-order chi connectivity index (χ0) is 21.8. The summed E-state index contributed by atoms with van der Waals surface area (Å²) in [5.74, 6) is 0. The van der Waals surface area contributed by atoms with Gasteiger partial charge >= 0.3 is 6.09 Å². The molecule has 1 aliphatic heterocycles. The first-order valence-corrected chi connectivity index (χ1v) is 11.4. The maximum Gasteiger partial charge on any atom is 0.412 e. The van der Waals surface area contributed by atoms with Crippen LogP contribution in [0.25, 0.3) is 0 Å². The van der Waals surface area contributed by atoms with E-state index in [0.717, 1.165) is 11.1 Å². The lowest BCUT2D eigenvalue weighted by Gasteiger charge is -2.30. The van der Waals surface area contributed by atoms with E-state index < -0.39 is 16.1 Å². The van der Waals surface area contributed by atoms with Gasteiger partial charge in [0.05, 0.1) is 28.2 Å².